The number of hydrogen-bond acceptors (Lipinski definition) is 11. The van der Waals surface area contributed by atoms with Crippen LogP contribution in [0.25, 0.3) is 0 Å². The van der Waals surface area contributed by atoms with Crippen LogP contribution >= 0.6 is 11.6 Å². The molecule has 2 fully saturated rings. The van der Waals surface area contributed by atoms with Crippen LogP contribution in [-0.2, 0) is 43.4 Å². The molecule has 0 bridgehead atoms. The van der Waals surface area contributed by atoms with Gasteiger partial charge in [-0.25, -0.2) is 19.6 Å². The van der Waals surface area contributed by atoms with Gasteiger partial charge in [-0.15, -0.1) is 0 Å². The molecule has 422 valence electrons. The highest BCUT2D eigenvalue weighted by atomic mass is 35.5. The van der Waals surface area contributed by atoms with Crippen LogP contribution in [0.2, 0.25) is 0 Å². The number of piperazine rings is 2. The quantitative estimate of drug-likeness (QED) is 0.0784. The summed E-state index contributed by atoms with van der Waals surface area (Å²) in [7, 11) is 0. The van der Waals surface area contributed by atoms with Crippen LogP contribution in [0.3, 0.4) is 0 Å². The summed E-state index contributed by atoms with van der Waals surface area (Å²) in [6.07, 6.45) is -10.3. The fourth-order valence-corrected chi connectivity index (χ4v) is 7.40. The van der Waals surface area contributed by atoms with E-state index in [4.69, 9.17) is 15.2 Å². The topological polar surface area (TPSA) is 182 Å². The molecule has 4 amide bonds. The number of urea groups is 1. The lowest BCUT2D eigenvalue weighted by Crippen LogP contribution is -2.53. The fourth-order valence-electron chi connectivity index (χ4n) is 7.34. The second kappa shape index (κ2) is 30.3. The van der Waals surface area contributed by atoms with Crippen molar-refractivity contribution in [3.8, 4) is 11.8 Å². The molecule has 6 aromatic rings. The molecule has 0 radical (unpaired) electrons. The van der Waals surface area contributed by atoms with Crippen LogP contribution in [0.4, 0.5) is 49.1 Å². The van der Waals surface area contributed by atoms with Crippen LogP contribution in [0.15, 0.2) is 146 Å². The minimum Gasteiger partial charge on any atom is -0.473 e. The SMILES string of the molecule is NCc1ccnc(OCc2ccccc2)c1.O=C(Cl)OCC(F)(F)F.O=C(NCc1ccnc(OCc2ccccc2)c1)N1CCN(C(=O)c2ccccc2C(F)(F)F)CC1.O=C(c1ccccc1C(F)(F)F)N1CCNCC1. The molecule has 0 aliphatic carbocycles. The molecule has 0 saturated carbocycles. The lowest BCUT2D eigenvalue weighted by molar-refractivity contribution is -0.158. The Morgan fingerprint density at radius 2 is 0.975 bits per heavy atom. The van der Waals surface area contributed by atoms with Crippen LogP contribution in [-0.4, -0.2) is 113 Å². The number of carbonyl (C=O) groups is 4. The summed E-state index contributed by atoms with van der Waals surface area (Å²) in [5, 5.41) is 5.88. The van der Waals surface area contributed by atoms with Gasteiger partial charge in [0.25, 0.3) is 11.8 Å². The third kappa shape index (κ3) is 21.4. The lowest BCUT2D eigenvalue weighted by atomic mass is 10.1. The number of amides is 4. The van der Waals surface area contributed by atoms with E-state index in [0.717, 1.165) is 34.4 Å². The van der Waals surface area contributed by atoms with Gasteiger partial charge in [0.1, 0.15) is 13.2 Å². The number of alkyl halides is 9. The van der Waals surface area contributed by atoms with Crippen molar-refractivity contribution in [2.45, 2.75) is 44.8 Å². The lowest BCUT2D eigenvalue weighted by Gasteiger charge is -2.35. The monoisotopic (exact) mass is 1130 g/mol. The molecule has 4 N–H and O–H groups in total. The standard InChI is InChI=1S/C26H25F3N4O3.C13H14N2O.C12H13F3N2O.C3H2ClF3O2/c27-26(28,29)22-9-5-4-8-21(22)24(34)32-12-14-33(15-13-32)25(35)31-17-20-10-11-30-23(16-20)36-18-19-6-2-1-3-7-19;14-9-12-6-7-15-13(8-12)16-10-11-4-2-1-3-5-11;13-12(14,15)10-4-2-1-3-9(10)11(18)17-7-5-16-6-8-17;4-2(8)9-1-3(5,6)7/h1-11,16H,12-15,17-18H2,(H,31,35);1-8H,9-10,14H2;1-4,16H,5-8H2;1H2. The first-order valence-corrected chi connectivity index (χ1v) is 24.5. The van der Waals surface area contributed by atoms with Crippen LogP contribution in [0.5, 0.6) is 11.8 Å². The molecule has 2 aliphatic rings. The number of carbonyl (C=O) groups excluding carboxylic acids is 4. The molecular weight excluding hydrogens is 1080 g/mol. The van der Waals surface area contributed by atoms with Crippen LogP contribution in [0.1, 0.15) is 54.1 Å². The van der Waals surface area contributed by atoms with Crippen molar-refractivity contribution in [1.29, 1.82) is 0 Å². The Kier molecular flexibility index (Phi) is 23.7. The summed E-state index contributed by atoms with van der Waals surface area (Å²) in [6, 6.07) is 36.3. The highest BCUT2D eigenvalue weighted by Crippen LogP contribution is 2.34. The van der Waals surface area contributed by atoms with Gasteiger partial charge < -0.3 is 45.3 Å². The highest BCUT2D eigenvalue weighted by molar-refractivity contribution is 6.61. The third-order valence-electron chi connectivity index (χ3n) is 11.3. The van der Waals surface area contributed by atoms with E-state index < -0.39 is 53.5 Å². The van der Waals surface area contributed by atoms with Gasteiger partial charge >= 0.3 is 30.0 Å². The number of hydrogen-bond donors (Lipinski definition) is 3. The van der Waals surface area contributed by atoms with Gasteiger partial charge in [0.2, 0.25) is 11.8 Å². The predicted octanol–water partition coefficient (Wildman–Crippen LogP) is 10.1. The van der Waals surface area contributed by atoms with E-state index >= 15 is 0 Å². The zero-order valence-electron chi connectivity index (χ0n) is 42.0. The Bertz CT molecular complexity index is 2870. The minimum atomic E-state index is -4.62. The summed E-state index contributed by atoms with van der Waals surface area (Å²) < 4.78 is 126. The number of ether oxygens (including phenoxy) is 3. The smallest absolute Gasteiger partial charge is 0.422 e. The van der Waals surface area contributed by atoms with Crippen molar-refractivity contribution >= 4 is 34.9 Å². The second-order valence-electron chi connectivity index (χ2n) is 17.0. The van der Waals surface area contributed by atoms with Gasteiger partial charge in [-0.2, -0.15) is 39.5 Å². The van der Waals surface area contributed by atoms with Crippen molar-refractivity contribution in [2.75, 3.05) is 59.0 Å². The molecule has 15 nitrogen and oxygen atoms in total. The largest absolute Gasteiger partial charge is 0.473 e. The average Bonchev–Trinajstić information content (AvgIpc) is 3.47. The normalized spacial score (nSPS) is 13.4. The Morgan fingerprint density at radius 3 is 1.41 bits per heavy atom. The number of nitrogens with zero attached hydrogens (tertiary/aromatic N) is 5. The zero-order valence-corrected chi connectivity index (χ0v) is 42.8. The van der Waals surface area contributed by atoms with Crippen molar-refractivity contribution < 1.29 is 72.9 Å². The summed E-state index contributed by atoms with van der Waals surface area (Å²) >= 11 is 4.42. The first-order chi connectivity index (χ1) is 37.6. The zero-order chi connectivity index (χ0) is 57.4. The molecule has 25 heteroatoms. The summed E-state index contributed by atoms with van der Waals surface area (Å²) in [4.78, 5) is 59.6. The Labute approximate surface area is 453 Å². The van der Waals surface area contributed by atoms with E-state index in [0.29, 0.717) is 57.7 Å². The second-order valence-corrected chi connectivity index (χ2v) is 17.3. The summed E-state index contributed by atoms with van der Waals surface area (Å²) in [5.74, 6) is -0.184. The van der Waals surface area contributed by atoms with E-state index in [-0.39, 0.29) is 49.9 Å². The number of nitrogens with two attached hydrogens (primary N) is 1. The van der Waals surface area contributed by atoms with Gasteiger partial charge in [-0.1, -0.05) is 84.9 Å². The molecule has 0 spiro atoms. The number of nitrogens with one attached hydrogen (secondary N) is 2. The van der Waals surface area contributed by atoms with Gasteiger partial charge in [0, 0.05) is 102 Å². The number of pyridine rings is 2. The van der Waals surface area contributed by atoms with Crippen molar-refractivity contribution in [3.63, 3.8) is 0 Å². The summed E-state index contributed by atoms with van der Waals surface area (Å²) in [5.41, 5.74) is 5.58. The molecule has 0 atom stereocenters. The van der Waals surface area contributed by atoms with Gasteiger partial charge in [-0.05, 0) is 58.7 Å². The van der Waals surface area contributed by atoms with E-state index in [2.05, 4.69) is 36.9 Å². The van der Waals surface area contributed by atoms with Crippen molar-refractivity contribution in [3.05, 3.63) is 190 Å². The maximum absolute atomic E-state index is 13.3. The minimum absolute atomic E-state index is 0.144. The molecular formula is C54H54ClF9N8O7. The number of halogens is 10. The first kappa shape index (κ1) is 61.9. The average molecular weight is 1130 g/mol. The molecule has 0 unspecified atom stereocenters. The van der Waals surface area contributed by atoms with E-state index in [1.807, 2.05) is 72.8 Å². The predicted molar refractivity (Wildman–Crippen MR) is 273 cm³/mol. The van der Waals surface area contributed by atoms with Crippen molar-refractivity contribution in [1.82, 2.24) is 35.3 Å². The Balaban J connectivity index is 0.000000222. The van der Waals surface area contributed by atoms with Gasteiger partial charge in [0.05, 0.1) is 22.3 Å². The molecule has 8 rings (SSSR count). The van der Waals surface area contributed by atoms with Crippen LogP contribution < -0.4 is 25.8 Å². The first-order valence-electron chi connectivity index (χ1n) is 24.1. The van der Waals surface area contributed by atoms with E-state index in [9.17, 15) is 58.7 Å². The maximum Gasteiger partial charge on any atom is 0.422 e. The molecule has 4 heterocycles. The molecule has 2 aliphatic heterocycles. The molecule has 2 aromatic heterocycles. The Morgan fingerprint density at radius 1 is 0.557 bits per heavy atom. The molecule has 4 aromatic carbocycles. The molecule has 79 heavy (non-hydrogen) atoms. The van der Waals surface area contributed by atoms with Crippen molar-refractivity contribution in [2.24, 2.45) is 5.73 Å². The molecule has 2 saturated heterocycles. The maximum atomic E-state index is 13.3. The number of aromatic nitrogens is 2. The number of rotatable bonds is 12. The number of benzene rings is 4. The summed E-state index contributed by atoms with van der Waals surface area (Å²) in [6.45, 7) is 2.84. The van der Waals surface area contributed by atoms with Gasteiger partial charge in [0.15, 0.2) is 6.61 Å². The van der Waals surface area contributed by atoms with E-state index in [1.54, 1.807) is 24.5 Å². The van der Waals surface area contributed by atoms with E-state index in [1.165, 1.54) is 51.1 Å². The highest BCUT2D eigenvalue weighted by Gasteiger charge is 2.38. The van der Waals surface area contributed by atoms with Gasteiger partial charge in [-0.3, -0.25) is 9.59 Å². The Hall–Kier alpha value is -7.96. The third-order valence-corrected chi connectivity index (χ3v) is 11.4. The van der Waals surface area contributed by atoms with Crippen LogP contribution in [0, 0.1) is 0 Å². The fraction of sp³-hybridized carbons (Fsp3) is 0.296.